The molecule has 3 rings (SSSR count). The van der Waals surface area contributed by atoms with Crippen LogP contribution in [-0.2, 0) is 17.6 Å². The molecular weight excluding hydrogens is 380 g/mol. The highest BCUT2D eigenvalue weighted by molar-refractivity contribution is 9.10. The van der Waals surface area contributed by atoms with E-state index in [0.29, 0.717) is 6.04 Å². The maximum atomic E-state index is 12.4. The summed E-state index contributed by atoms with van der Waals surface area (Å²) in [4.78, 5) is 14.3. The molecule has 2 atom stereocenters. The number of nitrogens with zero attached hydrogens (tertiary/aromatic N) is 1. The predicted molar refractivity (Wildman–Crippen MR) is 104 cm³/mol. The normalized spacial score (nSPS) is 23.4. The third kappa shape index (κ3) is 4.98. The summed E-state index contributed by atoms with van der Waals surface area (Å²) < 4.78 is 6.72. The summed E-state index contributed by atoms with van der Waals surface area (Å²) in [6.45, 7) is 7.43. The smallest absolute Gasteiger partial charge is 0.410 e. The van der Waals surface area contributed by atoms with Crippen LogP contribution in [0.3, 0.4) is 0 Å². The fourth-order valence-corrected chi connectivity index (χ4v) is 4.22. The van der Waals surface area contributed by atoms with Crippen molar-refractivity contribution in [3.05, 3.63) is 33.8 Å². The van der Waals surface area contributed by atoms with Crippen molar-refractivity contribution >= 4 is 22.0 Å². The van der Waals surface area contributed by atoms with E-state index in [-0.39, 0.29) is 12.1 Å². The largest absolute Gasteiger partial charge is 0.444 e. The number of nitrogens with one attached hydrogen (secondary N) is 1. The number of halogens is 1. The number of amides is 1. The van der Waals surface area contributed by atoms with E-state index < -0.39 is 5.60 Å². The summed E-state index contributed by atoms with van der Waals surface area (Å²) in [5.74, 6) is 0. The van der Waals surface area contributed by atoms with E-state index in [1.54, 1.807) is 0 Å². The highest BCUT2D eigenvalue weighted by atomic mass is 79.9. The highest BCUT2D eigenvalue weighted by Crippen LogP contribution is 2.25. The molecule has 1 aliphatic heterocycles. The van der Waals surface area contributed by atoms with Gasteiger partial charge in [0, 0.05) is 29.6 Å². The number of benzene rings is 1. The number of hydrogen-bond donors (Lipinski definition) is 1. The molecule has 2 unspecified atom stereocenters. The number of likely N-dealkylation sites (tertiary alicyclic amines) is 1. The number of ether oxygens (including phenoxy) is 1. The molecule has 1 saturated heterocycles. The predicted octanol–water partition coefficient (Wildman–Crippen LogP) is 4.30. The van der Waals surface area contributed by atoms with Gasteiger partial charge in [-0.15, -0.1) is 0 Å². The van der Waals surface area contributed by atoms with Gasteiger partial charge in [-0.3, -0.25) is 0 Å². The van der Waals surface area contributed by atoms with Crippen LogP contribution in [0.5, 0.6) is 0 Å². The van der Waals surface area contributed by atoms with Crippen molar-refractivity contribution in [3.63, 3.8) is 0 Å². The van der Waals surface area contributed by atoms with Crippen molar-refractivity contribution in [2.75, 3.05) is 13.1 Å². The zero-order valence-electron chi connectivity index (χ0n) is 15.5. The van der Waals surface area contributed by atoms with Gasteiger partial charge in [-0.1, -0.05) is 22.0 Å². The van der Waals surface area contributed by atoms with Crippen molar-refractivity contribution in [2.24, 2.45) is 0 Å². The van der Waals surface area contributed by atoms with Crippen LogP contribution in [0.25, 0.3) is 0 Å². The van der Waals surface area contributed by atoms with E-state index in [9.17, 15) is 4.79 Å². The Labute approximate surface area is 159 Å². The molecule has 1 amide bonds. The molecule has 1 N–H and O–H groups in total. The molecule has 0 radical (unpaired) electrons. The maximum Gasteiger partial charge on any atom is 0.410 e. The first kappa shape index (κ1) is 18.7. The van der Waals surface area contributed by atoms with Crippen LogP contribution in [0.2, 0.25) is 0 Å². The van der Waals surface area contributed by atoms with Gasteiger partial charge in [0.05, 0.1) is 0 Å². The molecule has 1 aliphatic carbocycles. The van der Waals surface area contributed by atoms with E-state index >= 15 is 0 Å². The molecule has 1 fully saturated rings. The molecule has 25 heavy (non-hydrogen) atoms. The third-order valence-electron chi connectivity index (χ3n) is 5.04. The number of aryl methyl sites for hydroxylation is 1. The average molecular weight is 409 g/mol. The van der Waals surface area contributed by atoms with Crippen LogP contribution < -0.4 is 5.32 Å². The fourth-order valence-electron chi connectivity index (χ4n) is 3.81. The number of fused-ring (bicyclic) bond motifs is 1. The first-order chi connectivity index (χ1) is 11.8. The lowest BCUT2D eigenvalue weighted by Gasteiger charge is -2.31. The fraction of sp³-hybridized carbons (Fsp3) is 0.650. The first-order valence-electron chi connectivity index (χ1n) is 9.32. The molecule has 5 heteroatoms. The van der Waals surface area contributed by atoms with Crippen molar-refractivity contribution in [1.29, 1.82) is 0 Å². The summed E-state index contributed by atoms with van der Waals surface area (Å²) in [6.07, 6.45) is 5.29. The van der Waals surface area contributed by atoms with Gasteiger partial charge in [0.1, 0.15) is 5.60 Å². The molecule has 1 aromatic carbocycles. The van der Waals surface area contributed by atoms with Crippen LogP contribution in [-0.4, -0.2) is 41.8 Å². The van der Waals surface area contributed by atoms with Gasteiger partial charge in [-0.05, 0) is 76.1 Å². The average Bonchev–Trinajstić information content (AvgIpc) is 3.00. The maximum absolute atomic E-state index is 12.4. The Morgan fingerprint density at radius 2 is 2.12 bits per heavy atom. The Morgan fingerprint density at radius 1 is 1.32 bits per heavy atom. The molecule has 138 valence electrons. The van der Waals surface area contributed by atoms with Crippen molar-refractivity contribution in [3.8, 4) is 0 Å². The SMILES string of the molecule is CC(C)(C)OC(=O)N1CCCC1CNC1CCc2cc(Br)ccc2C1. The van der Waals surface area contributed by atoms with Gasteiger partial charge in [0.25, 0.3) is 0 Å². The number of rotatable bonds is 3. The molecule has 0 bridgehead atoms. The Morgan fingerprint density at radius 3 is 2.88 bits per heavy atom. The summed E-state index contributed by atoms with van der Waals surface area (Å²) in [5.41, 5.74) is 2.48. The van der Waals surface area contributed by atoms with E-state index in [4.69, 9.17) is 4.74 Å². The van der Waals surface area contributed by atoms with E-state index in [1.807, 2.05) is 25.7 Å². The summed E-state index contributed by atoms with van der Waals surface area (Å²) in [5, 5.41) is 3.71. The monoisotopic (exact) mass is 408 g/mol. The second-order valence-electron chi connectivity index (χ2n) is 8.23. The summed E-state index contributed by atoms with van der Waals surface area (Å²) >= 11 is 3.56. The van der Waals surface area contributed by atoms with Crippen LogP contribution in [0.4, 0.5) is 4.79 Å². The number of carbonyl (C=O) groups is 1. The standard InChI is InChI=1S/C20H29BrN2O2/c1-20(2,3)25-19(24)23-10-4-5-18(23)13-22-17-9-7-14-11-16(21)8-6-15(14)12-17/h6,8,11,17-18,22H,4-5,7,9-10,12-13H2,1-3H3. The minimum Gasteiger partial charge on any atom is -0.444 e. The minimum atomic E-state index is -0.432. The van der Waals surface area contributed by atoms with Crippen LogP contribution >= 0.6 is 15.9 Å². The van der Waals surface area contributed by atoms with Crippen molar-refractivity contribution in [2.45, 2.75) is 70.6 Å². The van der Waals surface area contributed by atoms with Crippen LogP contribution in [0, 0.1) is 0 Å². The molecule has 1 aromatic rings. The molecule has 0 saturated carbocycles. The first-order valence-corrected chi connectivity index (χ1v) is 10.1. The zero-order valence-corrected chi connectivity index (χ0v) is 17.1. The van der Waals surface area contributed by atoms with Gasteiger partial charge in [-0.25, -0.2) is 4.79 Å². The second kappa shape index (κ2) is 7.67. The Hall–Kier alpha value is -1.07. The Bertz CT molecular complexity index is 627. The van der Waals surface area contributed by atoms with Gasteiger partial charge in [-0.2, -0.15) is 0 Å². The molecule has 2 aliphatic rings. The van der Waals surface area contributed by atoms with Gasteiger partial charge >= 0.3 is 6.09 Å². The summed E-state index contributed by atoms with van der Waals surface area (Å²) in [7, 11) is 0. The van der Waals surface area contributed by atoms with Crippen molar-refractivity contribution in [1.82, 2.24) is 10.2 Å². The quantitative estimate of drug-likeness (QED) is 0.810. The molecule has 0 aromatic heterocycles. The molecule has 1 heterocycles. The topological polar surface area (TPSA) is 41.6 Å². The van der Waals surface area contributed by atoms with Crippen LogP contribution in [0.1, 0.15) is 51.2 Å². The lowest BCUT2D eigenvalue weighted by molar-refractivity contribution is 0.0224. The zero-order chi connectivity index (χ0) is 18.0. The molecule has 4 nitrogen and oxygen atoms in total. The lowest BCUT2D eigenvalue weighted by Crippen LogP contribution is -2.47. The van der Waals surface area contributed by atoms with Gasteiger partial charge in [0.2, 0.25) is 0 Å². The van der Waals surface area contributed by atoms with Crippen LogP contribution in [0.15, 0.2) is 22.7 Å². The van der Waals surface area contributed by atoms with Gasteiger partial charge in [0.15, 0.2) is 0 Å². The Kier molecular flexibility index (Phi) is 5.74. The summed E-state index contributed by atoms with van der Waals surface area (Å²) in [6, 6.07) is 7.35. The highest BCUT2D eigenvalue weighted by Gasteiger charge is 2.32. The number of carbonyl (C=O) groups excluding carboxylic acids is 1. The van der Waals surface area contributed by atoms with E-state index in [1.165, 1.54) is 11.1 Å². The Balaban J connectivity index is 1.53. The lowest BCUT2D eigenvalue weighted by atomic mass is 9.88. The molecular formula is C20H29BrN2O2. The number of hydrogen-bond acceptors (Lipinski definition) is 3. The van der Waals surface area contributed by atoms with Gasteiger partial charge < -0.3 is 15.0 Å². The molecule has 0 spiro atoms. The van der Waals surface area contributed by atoms with E-state index in [2.05, 4.69) is 39.4 Å². The second-order valence-corrected chi connectivity index (χ2v) is 9.15. The van der Waals surface area contributed by atoms with E-state index in [0.717, 1.165) is 49.7 Å². The minimum absolute atomic E-state index is 0.171. The third-order valence-corrected chi connectivity index (χ3v) is 5.54. The van der Waals surface area contributed by atoms with Crippen molar-refractivity contribution < 1.29 is 9.53 Å².